The molecule has 1 aliphatic carbocycles. The van der Waals surface area contributed by atoms with Crippen molar-refractivity contribution >= 4 is 11.7 Å². The Balaban J connectivity index is 1.33. The van der Waals surface area contributed by atoms with Gasteiger partial charge in [-0.2, -0.15) is 5.10 Å². The zero-order chi connectivity index (χ0) is 25.1. The summed E-state index contributed by atoms with van der Waals surface area (Å²) < 4.78 is 21.6. The van der Waals surface area contributed by atoms with Crippen LogP contribution in [-0.2, 0) is 11.3 Å². The number of anilines is 1. The zero-order valence-corrected chi connectivity index (χ0v) is 21.0. The van der Waals surface area contributed by atoms with Crippen LogP contribution >= 0.6 is 0 Å². The summed E-state index contributed by atoms with van der Waals surface area (Å²) in [4.78, 5) is 26.6. The maximum Gasteiger partial charge on any atom is 0.244 e. The van der Waals surface area contributed by atoms with Gasteiger partial charge in [-0.1, -0.05) is 19.3 Å². The van der Waals surface area contributed by atoms with Crippen LogP contribution in [0.15, 0.2) is 36.5 Å². The van der Waals surface area contributed by atoms with E-state index in [2.05, 4.69) is 28.0 Å². The number of carbonyl (C=O) groups excluding carboxylic acids is 1. The van der Waals surface area contributed by atoms with Crippen LogP contribution in [0.5, 0.6) is 5.75 Å². The van der Waals surface area contributed by atoms with Gasteiger partial charge >= 0.3 is 0 Å². The molecule has 9 heteroatoms. The van der Waals surface area contributed by atoms with Gasteiger partial charge in [-0.25, -0.2) is 19.0 Å². The predicted octanol–water partition coefficient (Wildman–Crippen LogP) is 4.19. The molecule has 2 aromatic heterocycles. The molecule has 1 amide bonds. The number of aryl methyl sites for hydroxylation is 1. The highest BCUT2D eigenvalue weighted by atomic mass is 19.1. The maximum absolute atomic E-state index is 14.8. The summed E-state index contributed by atoms with van der Waals surface area (Å²) in [6.45, 7) is 4.89. The summed E-state index contributed by atoms with van der Waals surface area (Å²) in [5.74, 6) is 2.31. The molecule has 2 fully saturated rings. The minimum atomic E-state index is -0.436. The number of rotatable bonds is 6. The molecule has 8 nitrogen and oxygen atoms in total. The first-order valence-electron chi connectivity index (χ1n) is 12.8. The number of halogens is 1. The molecule has 1 aliphatic heterocycles. The molecule has 36 heavy (non-hydrogen) atoms. The molecule has 0 spiro atoms. The van der Waals surface area contributed by atoms with Gasteiger partial charge in [-0.15, -0.1) is 0 Å². The third kappa shape index (κ3) is 5.20. The molecular formula is C27H33FN6O2. The largest absolute Gasteiger partial charge is 0.497 e. The monoisotopic (exact) mass is 492 g/mol. The number of carbonyl (C=O) groups is 1. The fourth-order valence-corrected chi connectivity index (χ4v) is 5.16. The number of hydrogen-bond acceptors (Lipinski definition) is 6. The van der Waals surface area contributed by atoms with Gasteiger partial charge in [0.05, 0.1) is 12.7 Å². The van der Waals surface area contributed by atoms with Crippen LogP contribution in [0.3, 0.4) is 0 Å². The molecule has 3 heterocycles. The number of aromatic nitrogens is 4. The van der Waals surface area contributed by atoms with Crippen LogP contribution in [0.1, 0.15) is 49.4 Å². The number of benzene rings is 1. The van der Waals surface area contributed by atoms with E-state index in [-0.39, 0.29) is 18.4 Å². The minimum absolute atomic E-state index is 0.00978. The van der Waals surface area contributed by atoms with Crippen molar-refractivity contribution in [2.45, 2.75) is 51.5 Å². The quantitative estimate of drug-likeness (QED) is 0.514. The lowest BCUT2D eigenvalue weighted by atomic mass is 9.88. The van der Waals surface area contributed by atoms with Crippen molar-refractivity contribution in [2.24, 2.45) is 0 Å². The molecule has 0 bridgehead atoms. The molecule has 1 saturated carbocycles. The number of hydrogen-bond donors (Lipinski definition) is 0. The molecule has 2 aliphatic rings. The number of amides is 1. The van der Waals surface area contributed by atoms with E-state index in [0.29, 0.717) is 30.2 Å². The Morgan fingerprint density at radius 1 is 1.08 bits per heavy atom. The van der Waals surface area contributed by atoms with Crippen molar-refractivity contribution in [2.75, 3.05) is 38.2 Å². The minimum Gasteiger partial charge on any atom is -0.497 e. The van der Waals surface area contributed by atoms with E-state index < -0.39 is 5.82 Å². The van der Waals surface area contributed by atoms with Crippen molar-refractivity contribution in [3.63, 3.8) is 0 Å². The molecule has 0 unspecified atom stereocenters. The number of ether oxygens (including phenoxy) is 1. The Labute approximate surface area is 211 Å². The Hall–Kier alpha value is -3.49. The van der Waals surface area contributed by atoms with Gasteiger partial charge in [-0.05, 0) is 49.6 Å². The van der Waals surface area contributed by atoms with Crippen molar-refractivity contribution < 1.29 is 13.9 Å². The summed E-state index contributed by atoms with van der Waals surface area (Å²) in [5, 5.41) is 4.64. The van der Waals surface area contributed by atoms with E-state index in [4.69, 9.17) is 9.72 Å². The second kappa shape index (κ2) is 10.6. The van der Waals surface area contributed by atoms with Gasteiger partial charge in [0.2, 0.25) is 5.91 Å². The van der Waals surface area contributed by atoms with Crippen molar-refractivity contribution in [3.8, 4) is 17.1 Å². The Kier molecular flexibility index (Phi) is 7.16. The predicted molar refractivity (Wildman–Crippen MR) is 136 cm³/mol. The van der Waals surface area contributed by atoms with Crippen LogP contribution in [0.2, 0.25) is 0 Å². The van der Waals surface area contributed by atoms with Gasteiger partial charge in [-0.3, -0.25) is 4.79 Å². The molecular weight excluding hydrogens is 459 g/mol. The van der Waals surface area contributed by atoms with Gasteiger partial charge < -0.3 is 14.5 Å². The Bertz CT molecular complexity index is 1210. The summed E-state index contributed by atoms with van der Waals surface area (Å²) in [7, 11) is 1.51. The molecule has 0 N–H and O–H groups in total. The van der Waals surface area contributed by atoms with Crippen LogP contribution in [0, 0.1) is 12.7 Å². The van der Waals surface area contributed by atoms with Crippen LogP contribution < -0.4 is 9.64 Å². The SMILES string of the molecule is COc1ccc(-c2nc(C3CCCCC3)n(CC(=O)N3CCN(c4cc(C)ccn4)CC3)n2)c(F)c1. The third-order valence-corrected chi connectivity index (χ3v) is 7.23. The molecule has 5 rings (SSSR count). The number of methoxy groups -OCH3 is 1. The maximum atomic E-state index is 14.8. The Morgan fingerprint density at radius 3 is 2.56 bits per heavy atom. The first-order valence-corrected chi connectivity index (χ1v) is 12.8. The second-order valence-electron chi connectivity index (χ2n) is 9.69. The molecule has 3 aromatic rings. The zero-order valence-electron chi connectivity index (χ0n) is 21.0. The summed E-state index contributed by atoms with van der Waals surface area (Å²) in [6.07, 6.45) is 7.32. The molecule has 0 radical (unpaired) electrons. The van der Waals surface area contributed by atoms with Crippen molar-refractivity contribution in [3.05, 3.63) is 53.7 Å². The topological polar surface area (TPSA) is 76.4 Å². The van der Waals surface area contributed by atoms with Crippen LogP contribution in [-0.4, -0.2) is 63.8 Å². The van der Waals surface area contributed by atoms with Gasteiger partial charge in [0.15, 0.2) is 5.82 Å². The first-order chi connectivity index (χ1) is 17.5. The fourth-order valence-electron chi connectivity index (χ4n) is 5.16. The lowest BCUT2D eigenvalue weighted by molar-refractivity contribution is -0.132. The molecule has 1 saturated heterocycles. The van der Waals surface area contributed by atoms with E-state index in [9.17, 15) is 9.18 Å². The van der Waals surface area contributed by atoms with Gasteiger partial charge in [0, 0.05) is 44.4 Å². The highest BCUT2D eigenvalue weighted by Crippen LogP contribution is 2.33. The average Bonchev–Trinajstić information content (AvgIpc) is 3.32. The van der Waals surface area contributed by atoms with E-state index in [1.807, 2.05) is 17.2 Å². The summed E-state index contributed by atoms with van der Waals surface area (Å²) >= 11 is 0. The van der Waals surface area contributed by atoms with E-state index in [0.717, 1.165) is 50.4 Å². The summed E-state index contributed by atoms with van der Waals surface area (Å²) in [5.41, 5.74) is 1.49. The highest BCUT2D eigenvalue weighted by molar-refractivity contribution is 5.76. The molecule has 1 aromatic carbocycles. The number of piperazine rings is 1. The van der Waals surface area contributed by atoms with E-state index in [1.165, 1.54) is 25.2 Å². The van der Waals surface area contributed by atoms with Crippen molar-refractivity contribution in [1.82, 2.24) is 24.6 Å². The average molecular weight is 493 g/mol. The third-order valence-electron chi connectivity index (χ3n) is 7.23. The number of nitrogens with zero attached hydrogens (tertiary/aromatic N) is 6. The van der Waals surface area contributed by atoms with Crippen molar-refractivity contribution in [1.29, 1.82) is 0 Å². The van der Waals surface area contributed by atoms with Crippen LogP contribution in [0.25, 0.3) is 11.4 Å². The highest BCUT2D eigenvalue weighted by Gasteiger charge is 2.27. The smallest absolute Gasteiger partial charge is 0.244 e. The normalized spacial score (nSPS) is 16.9. The summed E-state index contributed by atoms with van der Waals surface area (Å²) in [6, 6.07) is 8.73. The fraction of sp³-hybridized carbons (Fsp3) is 0.481. The molecule has 0 atom stereocenters. The number of pyridine rings is 1. The van der Waals surface area contributed by atoms with E-state index >= 15 is 0 Å². The Morgan fingerprint density at radius 2 is 1.86 bits per heavy atom. The first kappa shape index (κ1) is 24.2. The standard InChI is InChI=1S/C27H33FN6O2/c1-19-10-11-29-24(16-19)32-12-14-33(15-13-32)25(35)18-34-27(20-6-4-3-5-7-20)30-26(31-34)22-9-8-21(36-2)17-23(22)28/h8-11,16-17,20H,3-7,12-15,18H2,1-2H3. The van der Waals surface area contributed by atoms with Gasteiger partial charge in [0.25, 0.3) is 0 Å². The van der Waals surface area contributed by atoms with Gasteiger partial charge in [0.1, 0.15) is 29.8 Å². The molecule has 190 valence electrons. The van der Waals surface area contributed by atoms with E-state index in [1.54, 1.807) is 16.8 Å². The van der Waals surface area contributed by atoms with Crippen LogP contribution in [0.4, 0.5) is 10.2 Å². The lowest BCUT2D eigenvalue weighted by Crippen LogP contribution is -2.50. The lowest BCUT2D eigenvalue weighted by Gasteiger charge is -2.35. The second-order valence-corrected chi connectivity index (χ2v) is 9.69.